The molecule has 6 nitrogen and oxygen atoms in total. The fourth-order valence-electron chi connectivity index (χ4n) is 2.89. The third-order valence-corrected chi connectivity index (χ3v) is 4.38. The van der Waals surface area contributed by atoms with Gasteiger partial charge in [-0.15, -0.1) is 5.10 Å². The van der Waals surface area contributed by atoms with E-state index in [9.17, 15) is 0 Å². The summed E-state index contributed by atoms with van der Waals surface area (Å²) in [5.41, 5.74) is 3.72. The van der Waals surface area contributed by atoms with Crippen molar-refractivity contribution in [1.29, 1.82) is 0 Å². The second-order valence-corrected chi connectivity index (χ2v) is 6.71. The summed E-state index contributed by atoms with van der Waals surface area (Å²) in [7, 11) is 1.61. The Morgan fingerprint density at radius 1 is 1.04 bits per heavy atom. The van der Waals surface area contributed by atoms with Gasteiger partial charge in [0.1, 0.15) is 11.6 Å². The van der Waals surface area contributed by atoms with Crippen molar-refractivity contribution in [3.63, 3.8) is 0 Å². The molecule has 1 N–H and O–H groups in total. The van der Waals surface area contributed by atoms with Crippen LogP contribution >= 0.6 is 11.6 Å². The van der Waals surface area contributed by atoms with Crippen LogP contribution in [0.25, 0.3) is 17.2 Å². The Bertz CT molecular complexity index is 1140. The summed E-state index contributed by atoms with van der Waals surface area (Å²) in [6.45, 7) is 3.97. The third-order valence-electron chi connectivity index (χ3n) is 4.14. The van der Waals surface area contributed by atoms with Crippen LogP contribution in [0.3, 0.4) is 0 Å². The van der Waals surface area contributed by atoms with Crippen molar-refractivity contribution in [1.82, 2.24) is 19.6 Å². The first-order valence-electron chi connectivity index (χ1n) is 8.45. The van der Waals surface area contributed by atoms with Gasteiger partial charge >= 0.3 is 0 Å². The Hall–Kier alpha value is -3.12. The number of methoxy groups -OCH3 is 1. The van der Waals surface area contributed by atoms with E-state index in [1.165, 1.54) is 0 Å². The van der Waals surface area contributed by atoms with Crippen LogP contribution in [-0.2, 0) is 0 Å². The lowest BCUT2D eigenvalue weighted by Crippen LogP contribution is -2.03. The number of halogens is 1. The maximum Gasteiger partial charge on any atom is 0.254 e. The van der Waals surface area contributed by atoms with Crippen molar-refractivity contribution < 1.29 is 4.74 Å². The van der Waals surface area contributed by atoms with Crippen molar-refractivity contribution in [2.24, 2.45) is 0 Å². The molecular weight excluding hydrogens is 362 g/mol. The third kappa shape index (κ3) is 3.44. The molecule has 0 fully saturated rings. The monoisotopic (exact) mass is 379 g/mol. The van der Waals surface area contributed by atoms with E-state index in [2.05, 4.69) is 26.4 Å². The van der Waals surface area contributed by atoms with Crippen LogP contribution < -0.4 is 10.1 Å². The number of hydrogen-bond donors (Lipinski definition) is 1. The molecule has 2 aromatic carbocycles. The topological polar surface area (TPSA) is 64.3 Å². The lowest BCUT2D eigenvalue weighted by atomic mass is 10.1. The van der Waals surface area contributed by atoms with E-state index >= 15 is 0 Å². The van der Waals surface area contributed by atoms with Crippen LogP contribution in [0.2, 0.25) is 5.02 Å². The molecule has 2 heterocycles. The van der Waals surface area contributed by atoms with Gasteiger partial charge in [-0.2, -0.15) is 9.50 Å². The van der Waals surface area contributed by atoms with E-state index in [-0.39, 0.29) is 0 Å². The number of hydrogen-bond acceptors (Lipinski definition) is 5. The summed E-state index contributed by atoms with van der Waals surface area (Å²) < 4.78 is 7.11. The van der Waals surface area contributed by atoms with E-state index in [0.29, 0.717) is 22.4 Å². The first-order chi connectivity index (χ1) is 13.0. The summed E-state index contributed by atoms with van der Waals surface area (Å²) in [6, 6.07) is 15.4. The molecule has 0 radical (unpaired) electrons. The average Bonchev–Trinajstić information content (AvgIpc) is 3.07. The van der Waals surface area contributed by atoms with Gasteiger partial charge in [0.15, 0.2) is 5.82 Å². The lowest BCUT2D eigenvalue weighted by molar-refractivity contribution is 0.417. The molecule has 27 heavy (non-hydrogen) atoms. The molecule has 0 saturated heterocycles. The van der Waals surface area contributed by atoms with Gasteiger partial charge in [-0.3, -0.25) is 0 Å². The van der Waals surface area contributed by atoms with Crippen molar-refractivity contribution >= 4 is 28.9 Å². The first kappa shape index (κ1) is 17.3. The molecule has 0 unspecified atom stereocenters. The molecular formula is C20H18ClN5O. The Labute approximate surface area is 161 Å². The van der Waals surface area contributed by atoms with Crippen LogP contribution in [0.15, 0.2) is 48.5 Å². The maximum absolute atomic E-state index is 6.06. The molecule has 0 atom stereocenters. The van der Waals surface area contributed by atoms with Crippen molar-refractivity contribution in [2.75, 3.05) is 12.4 Å². The average molecular weight is 380 g/mol. The number of aromatic nitrogens is 4. The minimum Gasteiger partial charge on any atom is -0.495 e. The van der Waals surface area contributed by atoms with Crippen LogP contribution in [0.5, 0.6) is 5.75 Å². The highest BCUT2D eigenvalue weighted by Gasteiger charge is 2.13. The van der Waals surface area contributed by atoms with E-state index < -0.39 is 0 Å². The van der Waals surface area contributed by atoms with Gasteiger partial charge in [-0.1, -0.05) is 35.4 Å². The van der Waals surface area contributed by atoms with E-state index in [4.69, 9.17) is 16.3 Å². The zero-order chi connectivity index (χ0) is 19.0. The van der Waals surface area contributed by atoms with Gasteiger partial charge in [-0.25, -0.2) is 4.98 Å². The quantitative estimate of drug-likeness (QED) is 0.551. The summed E-state index contributed by atoms with van der Waals surface area (Å²) in [5.74, 6) is 2.54. The zero-order valence-corrected chi connectivity index (χ0v) is 15.9. The molecule has 4 aromatic rings. The molecule has 0 aliphatic carbocycles. The number of benzene rings is 2. The highest BCUT2D eigenvalue weighted by atomic mass is 35.5. The fraction of sp³-hybridized carbons (Fsp3) is 0.150. The predicted octanol–water partition coefficient (Wildman–Crippen LogP) is 4.81. The molecule has 0 saturated carbocycles. The van der Waals surface area contributed by atoms with Gasteiger partial charge in [0, 0.05) is 28.4 Å². The number of fused-ring (bicyclic) bond motifs is 1. The van der Waals surface area contributed by atoms with Crippen LogP contribution in [0.4, 0.5) is 11.5 Å². The van der Waals surface area contributed by atoms with Gasteiger partial charge < -0.3 is 10.1 Å². The van der Waals surface area contributed by atoms with Gasteiger partial charge in [-0.05, 0) is 32.0 Å². The van der Waals surface area contributed by atoms with Gasteiger partial charge in [0.25, 0.3) is 5.78 Å². The van der Waals surface area contributed by atoms with Crippen LogP contribution in [-0.4, -0.2) is 26.7 Å². The minimum absolute atomic E-state index is 0.530. The molecule has 4 rings (SSSR count). The van der Waals surface area contributed by atoms with Crippen molar-refractivity contribution in [3.05, 3.63) is 64.8 Å². The predicted molar refractivity (Wildman–Crippen MR) is 107 cm³/mol. The molecule has 0 bridgehead atoms. The Morgan fingerprint density at radius 3 is 2.67 bits per heavy atom. The molecule has 2 aromatic heterocycles. The Balaban J connectivity index is 1.81. The second-order valence-electron chi connectivity index (χ2n) is 6.27. The molecule has 0 spiro atoms. The number of aryl methyl sites for hydroxylation is 2. The number of rotatable bonds is 4. The van der Waals surface area contributed by atoms with Crippen LogP contribution in [0, 0.1) is 13.8 Å². The SMILES string of the molecule is COc1cc(Cl)ccc1Nc1cc(C)nc2nc(-c3cccc(C)c3)nn12. The summed E-state index contributed by atoms with van der Waals surface area (Å²) in [6.07, 6.45) is 0. The smallest absolute Gasteiger partial charge is 0.254 e. The number of nitrogens with zero attached hydrogens (tertiary/aromatic N) is 4. The Kier molecular flexibility index (Phi) is 4.41. The summed E-state index contributed by atoms with van der Waals surface area (Å²) in [4.78, 5) is 9.09. The van der Waals surface area contributed by atoms with E-state index in [0.717, 1.165) is 28.3 Å². The lowest BCUT2D eigenvalue weighted by Gasteiger charge is -2.12. The molecule has 0 aliphatic heterocycles. The van der Waals surface area contributed by atoms with Gasteiger partial charge in [0.2, 0.25) is 0 Å². The highest BCUT2D eigenvalue weighted by molar-refractivity contribution is 6.30. The molecule has 136 valence electrons. The summed E-state index contributed by atoms with van der Waals surface area (Å²) >= 11 is 6.06. The number of ether oxygens (including phenoxy) is 1. The molecule has 0 aliphatic rings. The summed E-state index contributed by atoms with van der Waals surface area (Å²) in [5, 5.41) is 8.60. The van der Waals surface area contributed by atoms with E-state index in [1.807, 2.05) is 44.2 Å². The zero-order valence-electron chi connectivity index (χ0n) is 15.2. The van der Waals surface area contributed by atoms with Crippen LogP contribution in [0.1, 0.15) is 11.3 Å². The molecule has 7 heteroatoms. The number of anilines is 2. The minimum atomic E-state index is 0.530. The standard InChI is InChI=1S/C20H18ClN5O/c1-12-5-4-6-14(9-12)19-24-20-22-13(2)10-18(26(20)25-19)23-16-8-7-15(21)11-17(16)27-3/h4-11,23H,1-3H3. The fourth-order valence-corrected chi connectivity index (χ4v) is 3.05. The first-order valence-corrected chi connectivity index (χ1v) is 8.83. The largest absolute Gasteiger partial charge is 0.495 e. The Morgan fingerprint density at radius 2 is 1.89 bits per heavy atom. The maximum atomic E-state index is 6.06. The molecule has 0 amide bonds. The highest BCUT2D eigenvalue weighted by Crippen LogP contribution is 2.31. The number of nitrogens with one attached hydrogen (secondary N) is 1. The second kappa shape index (κ2) is 6.89. The van der Waals surface area contributed by atoms with E-state index in [1.54, 1.807) is 23.8 Å². The van der Waals surface area contributed by atoms with Gasteiger partial charge in [0.05, 0.1) is 12.8 Å². The van der Waals surface area contributed by atoms with Crippen molar-refractivity contribution in [3.8, 4) is 17.1 Å². The van der Waals surface area contributed by atoms with Crippen molar-refractivity contribution in [2.45, 2.75) is 13.8 Å². The normalized spacial score (nSPS) is 11.0.